The highest BCUT2D eigenvalue weighted by Crippen LogP contribution is 2.43. The van der Waals surface area contributed by atoms with Crippen LogP contribution in [0.4, 0.5) is 0 Å². The summed E-state index contributed by atoms with van der Waals surface area (Å²) in [6.07, 6.45) is 1.49. The van der Waals surface area contributed by atoms with Crippen molar-refractivity contribution in [2.75, 3.05) is 26.1 Å². The lowest BCUT2D eigenvalue weighted by atomic mass is 9.83. The third-order valence-electron chi connectivity index (χ3n) is 11.8. The van der Waals surface area contributed by atoms with Gasteiger partial charge in [0.25, 0.3) is 0 Å². The normalized spacial score (nSPS) is 28.2. The average molecular weight is 741 g/mol. The van der Waals surface area contributed by atoms with Gasteiger partial charge in [-0.05, 0) is 79.2 Å². The van der Waals surface area contributed by atoms with E-state index in [1.807, 2.05) is 6.07 Å². The van der Waals surface area contributed by atoms with E-state index in [2.05, 4.69) is 81.2 Å². The zero-order valence-corrected chi connectivity index (χ0v) is 35.4. The van der Waals surface area contributed by atoms with Gasteiger partial charge in [0.15, 0.2) is 26.5 Å². The molecule has 11 heteroatoms. The van der Waals surface area contributed by atoms with Gasteiger partial charge in [-0.2, -0.15) is 0 Å². The van der Waals surface area contributed by atoms with Gasteiger partial charge in [0.2, 0.25) is 0 Å². The van der Waals surface area contributed by atoms with Crippen LogP contribution in [0.2, 0.25) is 36.3 Å². The van der Waals surface area contributed by atoms with Gasteiger partial charge in [0.1, 0.15) is 0 Å². The zero-order chi connectivity index (χ0) is 37.0. The number of sulfone groups is 1. The van der Waals surface area contributed by atoms with Gasteiger partial charge in [0.05, 0.1) is 53.9 Å². The molecular weight excluding hydrogens is 673 g/mol. The molecule has 3 rings (SSSR count). The number of ether oxygens (including phenoxy) is 3. The second kappa shape index (κ2) is 16.8. The monoisotopic (exact) mass is 740 g/mol. The summed E-state index contributed by atoms with van der Waals surface area (Å²) in [6, 6.07) is 8.64. The lowest BCUT2D eigenvalue weighted by Gasteiger charge is -2.42. The third kappa shape index (κ3) is 11.1. The Hall–Kier alpha value is -0.896. The van der Waals surface area contributed by atoms with Crippen LogP contribution in [0.25, 0.3) is 0 Å². The van der Waals surface area contributed by atoms with E-state index in [0.29, 0.717) is 30.8 Å². The van der Waals surface area contributed by atoms with Gasteiger partial charge in [-0.25, -0.2) is 8.42 Å². The molecule has 49 heavy (non-hydrogen) atoms. The molecule has 1 aromatic carbocycles. The molecule has 2 saturated heterocycles. The second-order valence-corrected chi connectivity index (χ2v) is 29.1. The van der Waals surface area contributed by atoms with Crippen LogP contribution in [0.15, 0.2) is 47.4 Å². The van der Waals surface area contributed by atoms with Crippen molar-refractivity contribution in [3.8, 4) is 0 Å². The van der Waals surface area contributed by atoms with Crippen molar-refractivity contribution < 1.29 is 36.6 Å². The highest BCUT2D eigenvalue weighted by molar-refractivity contribution is 7.91. The number of hydrogen-bond acceptors (Lipinski definition) is 8. The van der Waals surface area contributed by atoms with Crippen LogP contribution in [0, 0.1) is 11.8 Å². The summed E-state index contributed by atoms with van der Waals surface area (Å²) in [4.78, 5) is 0.296. The van der Waals surface area contributed by atoms with Crippen LogP contribution >= 0.6 is 0 Å². The molecule has 0 spiro atoms. The minimum atomic E-state index is -3.65. The van der Waals surface area contributed by atoms with Gasteiger partial charge in [-0.15, -0.1) is 0 Å². The quantitative estimate of drug-likeness (QED) is 0.134. The molecule has 0 aliphatic carbocycles. The van der Waals surface area contributed by atoms with E-state index in [1.54, 1.807) is 31.4 Å². The molecule has 0 bridgehead atoms. The molecule has 8 atom stereocenters. The van der Waals surface area contributed by atoms with Crippen LogP contribution in [0.1, 0.15) is 80.6 Å². The van der Waals surface area contributed by atoms with E-state index < -0.39 is 50.7 Å². The summed E-state index contributed by atoms with van der Waals surface area (Å²) in [5.41, 5.74) is 1.01. The summed E-state index contributed by atoms with van der Waals surface area (Å²) in [7, 11) is -6.28. The Morgan fingerprint density at radius 2 is 1.59 bits per heavy atom. The van der Waals surface area contributed by atoms with Crippen molar-refractivity contribution >= 4 is 26.5 Å². The zero-order valence-electron chi connectivity index (χ0n) is 32.6. The fraction of sp³-hybridized carbons (Fsp3) is 0.789. The molecule has 1 aromatic rings. The van der Waals surface area contributed by atoms with Crippen LogP contribution in [0.5, 0.6) is 0 Å². The summed E-state index contributed by atoms with van der Waals surface area (Å²) >= 11 is 0. The topological polar surface area (TPSA) is 101 Å². The van der Waals surface area contributed by atoms with E-state index in [4.69, 9.17) is 23.1 Å². The molecule has 1 N–H and O–H groups in total. The van der Waals surface area contributed by atoms with Gasteiger partial charge in [0, 0.05) is 32.5 Å². The van der Waals surface area contributed by atoms with Crippen molar-refractivity contribution in [2.24, 2.45) is 11.8 Å². The fourth-order valence-corrected chi connectivity index (χ4v) is 10.6. The van der Waals surface area contributed by atoms with E-state index in [-0.39, 0.29) is 46.7 Å². The molecule has 0 amide bonds. The highest BCUT2D eigenvalue weighted by Gasteiger charge is 2.50. The van der Waals surface area contributed by atoms with E-state index in [9.17, 15) is 13.5 Å². The minimum absolute atomic E-state index is 0.00378. The van der Waals surface area contributed by atoms with Crippen molar-refractivity contribution in [3.05, 3.63) is 42.5 Å². The van der Waals surface area contributed by atoms with Crippen molar-refractivity contribution in [1.29, 1.82) is 0 Å². The number of benzene rings is 1. The maximum atomic E-state index is 13.9. The largest absolute Gasteiger partial charge is 0.414 e. The standard InChI is InChI=1S/C38H68O8SSi2/c1-27-22-29(18-17-21-39)44-33(28(27)2)24-34-32(26-47(40,41)31-19-15-14-16-20-31)36(42-9)35(45-34)23-30(46-49(12,13)38(6,7)8)25-43-48(10,11)37(3,4)5/h14-16,19-20,27,29-30,32-36,39H,2,17-18,21-26H2,1,3-13H3/t27?,29?,30?,32?,33-,34?,35-,36-/m1/s1. The molecule has 282 valence electrons. The summed E-state index contributed by atoms with van der Waals surface area (Å²) in [5.74, 6) is -0.285. The van der Waals surface area contributed by atoms with Crippen LogP contribution < -0.4 is 0 Å². The number of methoxy groups -OCH3 is 1. The van der Waals surface area contributed by atoms with Crippen molar-refractivity contribution in [1.82, 2.24) is 0 Å². The molecule has 2 aliphatic rings. The first-order valence-electron chi connectivity index (χ1n) is 18.3. The van der Waals surface area contributed by atoms with E-state index in [0.717, 1.165) is 18.4 Å². The second-order valence-electron chi connectivity index (χ2n) is 17.5. The maximum absolute atomic E-state index is 13.9. The van der Waals surface area contributed by atoms with Crippen LogP contribution in [0.3, 0.4) is 0 Å². The number of aliphatic hydroxyl groups is 1. The van der Waals surface area contributed by atoms with Gasteiger partial charge in [-0.3, -0.25) is 0 Å². The first-order valence-corrected chi connectivity index (χ1v) is 25.7. The van der Waals surface area contributed by atoms with Gasteiger partial charge < -0.3 is 28.2 Å². The van der Waals surface area contributed by atoms with Gasteiger partial charge in [-0.1, -0.05) is 73.2 Å². The Morgan fingerprint density at radius 3 is 2.14 bits per heavy atom. The number of hydrogen-bond donors (Lipinski definition) is 1. The average Bonchev–Trinajstić information content (AvgIpc) is 3.30. The Balaban J connectivity index is 1.97. The van der Waals surface area contributed by atoms with Gasteiger partial charge >= 0.3 is 0 Å². The van der Waals surface area contributed by atoms with Crippen LogP contribution in [-0.4, -0.2) is 92.9 Å². The first kappa shape index (κ1) is 42.5. The number of aliphatic hydroxyl groups excluding tert-OH is 1. The van der Waals surface area contributed by atoms with Crippen LogP contribution in [-0.2, 0) is 32.9 Å². The fourth-order valence-electron chi connectivity index (χ4n) is 6.50. The van der Waals surface area contributed by atoms with Crippen molar-refractivity contribution in [3.63, 3.8) is 0 Å². The lowest BCUT2D eigenvalue weighted by molar-refractivity contribution is -0.0760. The third-order valence-corrected chi connectivity index (χ3v) is 22.6. The molecule has 5 unspecified atom stereocenters. The first-order chi connectivity index (χ1) is 22.5. The predicted octanol–water partition coefficient (Wildman–Crippen LogP) is 8.17. The molecule has 2 fully saturated rings. The molecule has 2 heterocycles. The van der Waals surface area contributed by atoms with Crippen molar-refractivity contribution in [2.45, 2.75) is 158 Å². The Labute approximate surface area is 300 Å². The molecular formula is C38H68O8SSi2. The smallest absolute Gasteiger partial charge is 0.192 e. The summed E-state index contributed by atoms with van der Waals surface area (Å²) in [5, 5.41) is 9.51. The molecule has 0 radical (unpaired) electrons. The Morgan fingerprint density at radius 1 is 0.980 bits per heavy atom. The molecule has 2 aliphatic heterocycles. The summed E-state index contributed by atoms with van der Waals surface area (Å²) < 4.78 is 61.3. The van der Waals surface area contributed by atoms with E-state index in [1.165, 1.54) is 0 Å². The van der Waals surface area contributed by atoms with E-state index >= 15 is 0 Å². The Kier molecular flexibility index (Phi) is 14.6. The molecule has 0 saturated carbocycles. The number of rotatable bonds is 16. The lowest BCUT2D eigenvalue weighted by Crippen LogP contribution is -2.49. The summed E-state index contributed by atoms with van der Waals surface area (Å²) in [6.45, 7) is 29.6. The Bertz CT molecular complexity index is 1300. The molecule has 0 aromatic heterocycles. The predicted molar refractivity (Wildman–Crippen MR) is 204 cm³/mol. The highest BCUT2D eigenvalue weighted by atomic mass is 32.2. The molecule has 8 nitrogen and oxygen atoms in total. The maximum Gasteiger partial charge on any atom is 0.192 e. The SMILES string of the molecule is C=C1C(C)CC(CCCO)O[C@@H]1CC1O[C@H](CC(CO[Si](C)(C)C(C)(C)C)O[Si](C)(C)C(C)(C)C)[C@H](OC)C1CS(=O)(=O)c1ccccc1. The minimum Gasteiger partial charge on any atom is -0.414 e.